The minimum Gasteiger partial charge on any atom is -0.477 e. The van der Waals surface area contributed by atoms with Gasteiger partial charge in [0.05, 0.1) is 0 Å². The van der Waals surface area contributed by atoms with Crippen LogP contribution in [0.3, 0.4) is 0 Å². The summed E-state index contributed by atoms with van der Waals surface area (Å²) in [5.41, 5.74) is -0.339. The van der Waals surface area contributed by atoms with E-state index in [2.05, 4.69) is 10.3 Å². The monoisotopic (exact) mass is 264 g/mol. The number of rotatable bonds is 3. The van der Waals surface area contributed by atoms with Crippen molar-refractivity contribution in [1.29, 1.82) is 0 Å². The molecule has 1 aliphatic heterocycles. The highest BCUT2D eigenvalue weighted by Crippen LogP contribution is 2.20. The van der Waals surface area contributed by atoms with Gasteiger partial charge in [-0.1, -0.05) is 6.07 Å². The molecule has 0 spiro atoms. The number of ether oxygens (including phenoxy) is 1. The van der Waals surface area contributed by atoms with Crippen molar-refractivity contribution >= 4 is 11.9 Å². The number of nitrogens with one attached hydrogen (secondary N) is 1. The van der Waals surface area contributed by atoms with Crippen LogP contribution in [0.4, 0.5) is 0 Å². The highest BCUT2D eigenvalue weighted by atomic mass is 16.5. The number of aromatic carboxylic acids is 1. The van der Waals surface area contributed by atoms with Gasteiger partial charge < -0.3 is 15.2 Å². The summed E-state index contributed by atoms with van der Waals surface area (Å²) in [5, 5.41) is 11.8. The number of carbonyl (C=O) groups excluding carboxylic acids is 1. The zero-order valence-electron chi connectivity index (χ0n) is 10.7. The van der Waals surface area contributed by atoms with Crippen molar-refractivity contribution in [1.82, 2.24) is 10.3 Å². The topological polar surface area (TPSA) is 88.5 Å². The van der Waals surface area contributed by atoms with Crippen LogP contribution in [0.15, 0.2) is 18.2 Å². The largest absolute Gasteiger partial charge is 0.477 e. The number of carbonyl (C=O) groups is 2. The molecule has 102 valence electrons. The second-order valence-electron chi connectivity index (χ2n) is 4.84. The van der Waals surface area contributed by atoms with Gasteiger partial charge in [0, 0.05) is 18.8 Å². The van der Waals surface area contributed by atoms with E-state index >= 15 is 0 Å². The van der Waals surface area contributed by atoms with Crippen molar-refractivity contribution in [3.05, 3.63) is 29.6 Å². The van der Waals surface area contributed by atoms with Crippen LogP contribution in [-0.4, -0.2) is 40.7 Å². The van der Waals surface area contributed by atoms with E-state index in [1.165, 1.54) is 18.2 Å². The fourth-order valence-electron chi connectivity index (χ4n) is 1.97. The Morgan fingerprint density at radius 3 is 2.58 bits per heavy atom. The Labute approximate surface area is 110 Å². The third-order valence-corrected chi connectivity index (χ3v) is 3.21. The summed E-state index contributed by atoms with van der Waals surface area (Å²) in [4.78, 5) is 26.7. The molecule has 0 unspecified atom stereocenters. The third-order valence-electron chi connectivity index (χ3n) is 3.21. The minimum absolute atomic E-state index is 0.118. The Morgan fingerprint density at radius 1 is 1.32 bits per heavy atom. The summed E-state index contributed by atoms with van der Waals surface area (Å²) in [6.45, 7) is 3.17. The first-order chi connectivity index (χ1) is 9.00. The number of hydrogen-bond donors (Lipinski definition) is 2. The molecule has 1 aliphatic rings. The standard InChI is InChI=1S/C13H16N2O4/c1-13(5-7-19-8-6-13)15-11(16)9-3-2-4-10(14-9)12(17)18/h2-4H,5-8H2,1H3,(H,15,16)(H,17,18). The Hall–Kier alpha value is -1.95. The molecule has 19 heavy (non-hydrogen) atoms. The van der Waals surface area contributed by atoms with Gasteiger partial charge in [0.1, 0.15) is 11.4 Å². The van der Waals surface area contributed by atoms with Crippen LogP contribution in [0.2, 0.25) is 0 Å². The van der Waals surface area contributed by atoms with Crippen molar-refractivity contribution < 1.29 is 19.4 Å². The first-order valence-corrected chi connectivity index (χ1v) is 6.11. The molecule has 2 N–H and O–H groups in total. The molecule has 2 rings (SSSR count). The maximum atomic E-state index is 12.1. The van der Waals surface area contributed by atoms with Crippen LogP contribution >= 0.6 is 0 Å². The van der Waals surface area contributed by atoms with Gasteiger partial charge in [-0.15, -0.1) is 0 Å². The zero-order valence-corrected chi connectivity index (χ0v) is 10.7. The number of aromatic nitrogens is 1. The molecular weight excluding hydrogens is 248 g/mol. The SMILES string of the molecule is CC1(NC(=O)c2cccc(C(=O)O)n2)CCOCC1. The van der Waals surface area contributed by atoms with E-state index in [4.69, 9.17) is 9.84 Å². The van der Waals surface area contributed by atoms with Crippen molar-refractivity contribution in [2.45, 2.75) is 25.3 Å². The average molecular weight is 264 g/mol. The summed E-state index contributed by atoms with van der Waals surface area (Å²) in [6, 6.07) is 4.37. The molecule has 0 saturated carbocycles. The van der Waals surface area contributed by atoms with Crippen LogP contribution in [0, 0.1) is 0 Å². The quantitative estimate of drug-likeness (QED) is 0.852. The van der Waals surface area contributed by atoms with Crippen LogP contribution in [-0.2, 0) is 4.74 Å². The van der Waals surface area contributed by atoms with Crippen molar-refractivity contribution in [2.24, 2.45) is 0 Å². The highest BCUT2D eigenvalue weighted by Gasteiger charge is 2.29. The van der Waals surface area contributed by atoms with Crippen molar-refractivity contribution in [2.75, 3.05) is 13.2 Å². The van der Waals surface area contributed by atoms with Crippen LogP contribution in [0.25, 0.3) is 0 Å². The highest BCUT2D eigenvalue weighted by molar-refractivity contribution is 5.94. The van der Waals surface area contributed by atoms with Crippen LogP contribution < -0.4 is 5.32 Å². The molecule has 0 radical (unpaired) electrons. The number of amides is 1. The lowest BCUT2D eigenvalue weighted by atomic mass is 9.92. The number of nitrogens with zero attached hydrogens (tertiary/aromatic N) is 1. The van der Waals surface area contributed by atoms with Gasteiger partial charge in [0.25, 0.3) is 5.91 Å². The van der Waals surface area contributed by atoms with E-state index in [9.17, 15) is 9.59 Å². The molecular formula is C13H16N2O4. The molecule has 1 aromatic rings. The Bertz CT molecular complexity index is 495. The lowest BCUT2D eigenvalue weighted by Gasteiger charge is -2.34. The molecule has 6 heteroatoms. The lowest BCUT2D eigenvalue weighted by Crippen LogP contribution is -2.49. The van der Waals surface area contributed by atoms with Gasteiger partial charge in [0.15, 0.2) is 0 Å². The molecule has 0 aromatic carbocycles. The fourth-order valence-corrected chi connectivity index (χ4v) is 1.97. The number of carboxylic acid groups (broad SMARTS) is 1. The van der Waals surface area contributed by atoms with Gasteiger partial charge in [-0.3, -0.25) is 4.79 Å². The summed E-state index contributed by atoms with van der Waals surface area (Å²) in [7, 11) is 0. The zero-order chi connectivity index (χ0) is 13.9. The predicted molar refractivity (Wildman–Crippen MR) is 67.1 cm³/mol. The maximum absolute atomic E-state index is 12.1. The van der Waals surface area contributed by atoms with E-state index in [0.717, 1.165) is 12.8 Å². The Kier molecular flexibility index (Phi) is 3.80. The number of hydrogen-bond acceptors (Lipinski definition) is 4. The summed E-state index contributed by atoms with van der Waals surface area (Å²) in [6.07, 6.45) is 1.47. The predicted octanol–water partition coefficient (Wildman–Crippen LogP) is 1.08. The summed E-state index contributed by atoms with van der Waals surface area (Å²) >= 11 is 0. The van der Waals surface area contributed by atoms with Crippen LogP contribution in [0.1, 0.15) is 40.7 Å². The summed E-state index contributed by atoms with van der Waals surface area (Å²) < 4.78 is 5.26. The van der Waals surface area contributed by atoms with E-state index in [1.807, 2.05) is 6.92 Å². The van der Waals surface area contributed by atoms with Gasteiger partial charge in [-0.25, -0.2) is 9.78 Å². The normalized spacial score (nSPS) is 17.7. The van der Waals surface area contributed by atoms with Gasteiger partial charge in [0.2, 0.25) is 0 Å². The fraction of sp³-hybridized carbons (Fsp3) is 0.462. The maximum Gasteiger partial charge on any atom is 0.354 e. The van der Waals surface area contributed by atoms with Crippen LogP contribution in [0.5, 0.6) is 0 Å². The molecule has 0 aliphatic carbocycles. The lowest BCUT2D eigenvalue weighted by molar-refractivity contribution is 0.0421. The van der Waals surface area contributed by atoms with Gasteiger partial charge in [-0.05, 0) is 31.9 Å². The molecule has 1 aromatic heterocycles. The van der Waals surface area contributed by atoms with Crippen molar-refractivity contribution in [3.8, 4) is 0 Å². The number of carboxylic acids is 1. The second-order valence-corrected chi connectivity index (χ2v) is 4.84. The molecule has 0 atom stereocenters. The van der Waals surface area contributed by atoms with E-state index < -0.39 is 5.97 Å². The smallest absolute Gasteiger partial charge is 0.354 e. The molecule has 0 bridgehead atoms. The summed E-state index contributed by atoms with van der Waals surface area (Å²) in [5.74, 6) is -1.50. The first-order valence-electron chi connectivity index (χ1n) is 6.11. The van der Waals surface area contributed by atoms with Gasteiger partial charge >= 0.3 is 5.97 Å². The van der Waals surface area contributed by atoms with Gasteiger partial charge in [-0.2, -0.15) is 0 Å². The third kappa shape index (κ3) is 3.29. The van der Waals surface area contributed by atoms with E-state index in [-0.39, 0.29) is 22.8 Å². The van der Waals surface area contributed by atoms with E-state index in [1.54, 1.807) is 0 Å². The van der Waals surface area contributed by atoms with Crippen molar-refractivity contribution in [3.63, 3.8) is 0 Å². The number of pyridine rings is 1. The second kappa shape index (κ2) is 5.36. The Morgan fingerprint density at radius 2 is 1.95 bits per heavy atom. The molecule has 6 nitrogen and oxygen atoms in total. The molecule has 1 saturated heterocycles. The van der Waals surface area contributed by atoms with E-state index in [0.29, 0.717) is 13.2 Å². The molecule has 2 heterocycles. The average Bonchev–Trinajstić information content (AvgIpc) is 2.39. The Balaban J connectivity index is 2.11. The molecule has 1 amide bonds. The molecule has 1 fully saturated rings. The first kappa shape index (κ1) is 13.5. The minimum atomic E-state index is -1.15.